The van der Waals surface area contributed by atoms with E-state index in [1.807, 2.05) is 6.92 Å². The highest BCUT2D eigenvalue weighted by atomic mass is 16.8. The summed E-state index contributed by atoms with van der Waals surface area (Å²) in [5.41, 5.74) is -0.455. The van der Waals surface area contributed by atoms with Crippen molar-refractivity contribution in [1.29, 1.82) is 0 Å². The van der Waals surface area contributed by atoms with Crippen molar-refractivity contribution in [1.82, 2.24) is 0 Å². The van der Waals surface area contributed by atoms with Gasteiger partial charge in [0, 0.05) is 0 Å². The smallest absolute Gasteiger partial charge is 0.363 e. The molecule has 0 saturated heterocycles. The molecule has 2 rings (SSSR count). The molecule has 4 N–H and O–H groups in total. The van der Waals surface area contributed by atoms with Gasteiger partial charge in [0.15, 0.2) is 6.10 Å². The Morgan fingerprint density at radius 3 is 1.93 bits per heavy atom. The zero-order valence-electron chi connectivity index (χ0n) is 15.2. The summed E-state index contributed by atoms with van der Waals surface area (Å²) in [5, 5.41) is 40.0. The van der Waals surface area contributed by atoms with Crippen LogP contribution in [0.3, 0.4) is 0 Å². The molecule has 8 heteroatoms. The van der Waals surface area contributed by atoms with E-state index in [2.05, 4.69) is 0 Å². The quantitative estimate of drug-likeness (QED) is 0.399. The number of aliphatic hydroxyl groups is 2. The van der Waals surface area contributed by atoms with E-state index in [4.69, 9.17) is 9.47 Å². The van der Waals surface area contributed by atoms with Gasteiger partial charge in [-0.1, -0.05) is 37.6 Å². The van der Waals surface area contributed by atoms with E-state index >= 15 is 0 Å². The van der Waals surface area contributed by atoms with E-state index in [-0.39, 0.29) is 23.3 Å². The molecule has 0 saturated carbocycles. The molecule has 0 aliphatic heterocycles. The second kappa shape index (κ2) is 9.20. The Balaban J connectivity index is 2.20. The van der Waals surface area contributed by atoms with Gasteiger partial charge in [0.25, 0.3) is 0 Å². The number of unbranched alkanes of at least 4 members (excludes halogenated alkanes) is 1. The minimum absolute atomic E-state index is 0.0170. The topological polar surface area (TPSA) is 134 Å². The fraction of sp³-hybridized carbons (Fsp3) is 0.300. The lowest BCUT2D eigenvalue weighted by atomic mass is 10.1. The van der Waals surface area contributed by atoms with Crippen molar-refractivity contribution in [2.75, 3.05) is 0 Å². The van der Waals surface area contributed by atoms with Crippen molar-refractivity contribution in [3.63, 3.8) is 0 Å². The average Bonchev–Trinajstić information content (AvgIpc) is 2.65. The van der Waals surface area contributed by atoms with Gasteiger partial charge >= 0.3 is 17.9 Å². The van der Waals surface area contributed by atoms with E-state index in [1.54, 1.807) is 0 Å². The molecule has 2 aromatic carbocycles. The Labute approximate surface area is 161 Å². The Kier molecular flexibility index (Phi) is 6.97. The van der Waals surface area contributed by atoms with Crippen LogP contribution in [0.2, 0.25) is 0 Å². The maximum atomic E-state index is 12.3. The maximum Gasteiger partial charge on any atom is 0.363 e. The van der Waals surface area contributed by atoms with Crippen molar-refractivity contribution < 1.29 is 39.5 Å². The zero-order chi connectivity index (χ0) is 20.7. The van der Waals surface area contributed by atoms with Crippen LogP contribution in [0.5, 0.6) is 11.5 Å². The molecule has 0 spiro atoms. The number of hydrogen-bond acceptors (Lipinski definition) is 8. The first kappa shape index (κ1) is 21.2. The molecule has 0 radical (unpaired) electrons. The third-order valence-electron chi connectivity index (χ3n) is 3.98. The van der Waals surface area contributed by atoms with Crippen LogP contribution in [0.1, 0.15) is 46.9 Å². The van der Waals surface area contributed by atoms with E-state index in [0.717, 1.165) is 0 Å². The Morgan fingerprint density at radius 2 is 1.43 bits per heavy atom. The molecule has 1 atom stereocenters. The lowest BCUT2D eigenvalue weighted by molar-refractivity contribution is -0.349. The van der Waals surface area contributed by atoms with Crippen LogP contribution in [-0.4, -0.2) is 44.4 Å². The predicted molar refractivity (Wildman–Crippen MR) is 97.5 cm³/mol. The fourth-order valence-electron chi connectivity index (χ4n) is 2.46. The Bertz CT molecular complexity index is 830. The van der Waals surface area contributed by atoms with Gasteiger partial charge in [-0.15, -0.1) is 0 Å². The second-order valence-electron chi connectivity index (χ2n) is 6.12. The standard InChI is InChI=1S/C20H22O8/c1-2-3-12-17(27-18(23)13-8-4-6-10-15(13)21)20(25,26)28-19(24)14-9-5-7-11-16(14)22/h4-11,17,21-22,25-26H,2-3,12H2,1H3. The lowest BCUT2D eigenvalue weighted by Crippen LogP contribution is -2.48. The summed E-state index contributed by atoms with van der Waals surface area (Å²) < 4.78 is 9.82. The summed E-state index contributed by atoms with van der Waals surface area (Å²) in [5.74, 6) is -6.10. The summed E-state index contributed by atoms with van der Waals surface area (Å²) >= 11 is 0. The van der Waals surface area contributed by atoms with Gasteiger partial charge in [-0.05, 0) is 37.1 Å². The van der Waals surface area contributed by atoms with Gasteiger partial charge in [-0.3, -0.25) is 0 Å². The molecule has 0 bridgehead atoms. The minimum atomic E-state index is -3.14. The number of rotatable bonds is 8. The Morgan fingerprint density at radius 1 is 0.929 bits per heavy atom. The number of para-hydroxylation sites is 2. The molecular formula is C20H22O8. The molecule has 1 unspecified atom stereocenters. The number of hydrogen-bond donors (Lipinski definition) is 4. The van der Waals surface area contributed by atoms with Crippen molar-refractivity contribution in [3.8, 4) is 11.5 Å². The summed E-state index contributed by atoms with van der Waals surface area (Å²) in [6.07, 6.45) is -0.546. The highest BCUT2D eigenvalue weighted by molar-refractivity contribution is 5.93. The van der Waals surface area contributed by atoms with Gasteiger partial charge in [0.1, 0.15) is 22.6 Å². The second-order valence-corrected chi connectivity index (χ2v) is 6.12. The SMILES string of the molecule is CCCCC(OC(=O)c1ccccc1O)C(O)(O)OC(=O)c1ccccc1O. The molecule has 8 nitrogen and oxygen atoms in total. The predicted octanol–water partition coefficient (Wildman–Crippen LogP) is 2.31. The van der Waals surface area contributed by atoms with Crippen LogP contribution in [0, 0.1) is 0 Å². The fourth-order valence-corrected chi connectivity index (χ4v) is 2.46. The van der Waals surface area contributed by atoms with Gasteiger partial charge in [0.2, 0.25) is 0 Å². The third-order valence-corrected chi connectivity index (χ3v) is 3.98. The largest absolute Gasteiger partial charge is 0.507 e. The molecule has 0 amide bonds. The summed E-state index contributed by atoms with van der Waals surface area (Å²) in [7, 11) is 0. The summed E-state index contributed by atoms with van der Waals surface area (Å²) in [6, 6.07) is 11.0. The molecule has 0 aliphatic carbocycles. The van der Waals surface area contributed by atoms with Crippen LogP contribution in [0.25, 0.3) is 0 Å². The summed E-state index contributed by atoms with van der Waals surface area (Å²) in [6.45, 7) is 1.84. The van der Waals surface area contributed by atoms with Crippen LogP contribution in [0.15, 0.2) is 48.5 Å². The third kappa shape index (κ3) is 5.21. The molecule has 0 heterocycles. The van der Waals surface area contributed by atoms with Gasteiger partial charge in [-0.2, -0.15) is 0 Å². The number of ether oxygens (including phenoxy) is 2. The molecular weight excluding hydrogens is 368 g/mol. The van der Waals surface area contributed by atoms with Crippen LogP contribution < -0.4 is 0 Å². The van der Waals surface area contributed by atoms with Gasteiger partial charge in [-0.25, -0.2) is 9.59 Å². The van der Waals surface area contributed by atoms with Crippen molar-refractivity contribution in [2.45, 2.75) is 38.3 Å². The number of esters is 2. The highest BCUT2D eigenvalue weighted by Gasteiger charge is 2.42. The monoisotopic (exact) mass is 390 g/mol. The lowest BCUT2D eigenvalue weighted by Gasteiger charge is -2.30. The van der Waals surface area contributed by atoms with Crippen LogP contribution in [-0.2, 0) is 9.47 Å². The first-order valence-electron chi connectivity index (χ1n) is 8.71. The molecule has 0 aromatic heterocycles. The minimum Gasteiger partial charge on any atom is -0.507 e. The van der Waals surface area contributed by atoms with E-state index in [0.29, 0.717) is 12.8 Å². The molecule has 150 valence electrons. The normalized spacial score (nSPS) is 12.2. The maximum absolute atomic E-state index is 12.3. The van der Waals surface area contributed by atoms with Crippen molar-refractivity contribution >= 4 is 11.9 Å². The number of carbonyl (C=O) groups excluding carboxylic acids is 2. The molecule has 0 fully saturated rings. The van der Waals surface area contributed by atoms with Crippen molar-refractivity contribution in [2.24, 2.45) is 0 Å². The average molecular weight is 390 g/mol. The van der Waals surface area contributed by atoms with Gasteiger partial charge < -0.3 is 29.9 Å². The first-order valence-corrected chi connectivity index (χ1v) is 8.71. The first-order chi connectivity index (χ1) is 13.3. The number of phenols is 2. The molecule has 2 aromatic rings. The highest BCUT2D eigenvalue weighted by Crippen LogP contribution is 2.25. The number of phenolic OH excluding ortho intramolecular Hbond substituents is 2. The summed E-state index contributed by atoms with van der Waals surface area (Å²) in [4.78, 5) is 24.5. The number of benzene rings is 2. The number of carbonyl (C=O) groups is 2. The molecule has 0 aliphatic rings. The van der Waals surface area contributed by atoms with E-state index in [9.17, 15) is 30.0 Å². The molecule has 28 heavy (non-hydrogen) atoms. The van der Waals surface area contributed by atoms with E-state index < -0.39 is 29.8 Å². The zero-order valence-corrected chi connectivity index (χ0v) is 15.2. The Hall–Kier alpha value is -3.10. The van der Waals surface area contributed by atoms with Crippen LogP contribution >= 0.6 is 0 Å². The van der Waals surface area contributed by atoms with Gasteiger partial charge in [0.05, 0.1) is 0 Å². The van der Waals surface area contributed by atoms with Crippen molar-refractivity contribution in [3.05, 3.63) is 59.7 Å². The van der Waals surface area contributed by atoms with Crippen LogP contribution in [0.4, 0.5) is 0 Å². The number of aromatic hydroxyl groups is 2. The van der Waals surface area contributed by atoms with E-state index in [1.165, 1.54) is 48.5 Å².